The van der Waals surface area contributed by atoms with Crippen LogP contribution in [-0.2, 0) is 23.8 Å². The summed E-state index contributed by atoms with van der Waals surface area (Å²) in [5, 5.41) is 57.1. The number of carbonyl (C=O) groups is 2. The third-order valence-corrected chi connectivity index (χ3v) is 15.4. The second-order valence-corrected chi connectivity index (χ2v) is 22.8. The predicted molar refractivity (Wildman–Crippen MR) is 329 cm³/mol. The molecule has 1 amide bonds. The number of unbranched alkanes of at least 4 members (excludes halogenated alkanes) is 34. The molecule has 6 N–H and O–H groups in total. The fourth-order valence-electron chi connectivity index (χ4n) is 10.1. The van der Waals surface area contributed by atoms with Gasteiger partial charge in [-0.3, -0.25) is 9.59 Å². The Balaban J connectivity index is 2.67. The summed E-state index contributed by atoms with van der Waals surface area (Å²) in [5.74, 6) is -1.20. The van der Waals surface area contributed by atoms with Crippen LogP contribution in [0.4, 0.5) is 0 Å². The maximum Gasteiger partial charge on any atom is 0.306 e. The molecule has 1 saturated heterocycles. The molecule has 11 nitrogen and oxygen atoms in total. The summed E-state index contributed by atoms with van der Waals surface area (Å²) in [7, 11) is 0. The standard InChI is InChI=1S/C68H123NO10/c1-4-7-10-13-16-19-22-25-27-29-31-33-35-38-41-44-47-50-53-56-63(73)79-66-65(75)64(74)62(57-70)78-68(66)77-58-59(60(71)54-51-48-45-42-39-36-24-21-18-15-12-9-6-3)69-67(76)61(72)55-52-49-46-43-40-37-34-32-30-28-26-23-20-17-14-11-8-5-2/h17,20,25-28,32,34,51,54,59-62,64-66,68,70-72,74-75H,4-16,18-19,21-24,29-31,33,35-50,52-53,55-58H2,1-3H3,(H,69,76)/b20-17-,27-25+,28-26-,34-32-,54-51+. The van der Waals surface area contributed by atoms with Crippen LogP contribution in [0.5, 0.6) is 0 Å². The first-order valence-electron chi connectivity index (χ1n) is 33.1. The van der Waals surface area contributed by atoms with Crippen molar-refractivity contribution in [2.24, 2.45) is 0 Å². The Morgan fingerprint density at radius 3 is 1.34 bits per heavy atom. The van der Waals surface area contributed by atoms with Crippen LogP contribution >= 0.6 is 0 Å². The summed E-state index contributed by atoms with van der Waals surface area (Å²) < 4.78 is 17.7. The lowest BCUT2D eigenvalue weighted by Crippen LogP contribution is -2.61. The van der Waals surface area contributed by atoms with Crippen LogP contribution in [0.1, 0.15) is 297 Å². The van der Waals surface area contributed by atoms with E-state index in [0.29, 0.717) is 12.8 Å². The highest BCUT2D eigenvalue weighted by atomic mass is 16.7. The molecule has 0 aliphatic carbocycles. The molecule has 0 saturated carbocycles. The Hall–Kier alpha value is -2.64. The number of aliphatic hydroxyl groups is 5. The maximum absolute atomic E-state index is 13.4. The van der Waals surface area contributed by atoms with Crippen molar-refractivity contribution in [1.29, 1.82) is 0 Å². The smallest absolute Gasteiger partial charge is 0.306 e. The van der Waals surface area contributed by atoms with E-state index in [9.17, 15) is 35.1 Å². The quantitative estimate of drug-likeness (QED) is 0.0195. The SMILES string of the molecule is CCCCC/C=C\C/C=C\C/C=C\CCCCCCCC(O)C(=O)NC(COC1OC(CO)C(O)C(O)C1OC(=O)CCCCCCCCCCC/C=C/CCCCCCCC)C(O)/C=C/CCCCCCCCCCCCC. The number of aliphatic hydroxyl groups excluding tert-OH is 5. The average molecular weight is 1110 g/mol. The van der Waals surface area contributed by atoms with E-state index in [1.54, 1.807) is 6.08 Å². The average Bonchev–Trinajstić information content (AvgIpc) is 3.49. The van der Waals surface area contributed by atoms with E-state index in [1.165, 1.54) is 167 Å². The molecule has 79 heavy (non-hydrogen) atoms. The van der Waals surface area contributed by atoms with E-state index >= 15 is 0 Å². The van der Waals surface area contributed by atoms with Crippen molar-refractivity contribution in [3.63, 3.8) is 0 Å². The minimum Gasteiger partial charge on any atom is -0.454 e. The number of hydrogen-bond donors (Lipinski definition) is 6. The molecule has 0 bridgehead atoms. The zero-order valence-corrected chi connectivity index (χ0v) is 51.0. The molecule has 0 spiro atoms. The van der Waals surface area contributed by atoms with Gasteiger partial charge >= 0.3 is 5.97 Å². The van der Waals surface area contributed by atoms with E-state index in [2.05, 4.69) is 74.7 Å². The van der Waals surface area contributed by atoms with Gasteiger partial charge in [-0.2, -0.15) is 0 Å². The van der Waals surface area contributed by atoms with Gasteiger partial charge in [0, 0.05) is 6.42 Å². The minimum absolute atomic E-state index is 0.119. The van der Waals surface area contributed by atoms with Crippen LogP contribution in [0.2, 0.25) is 0 Å². The molecule has 8 unspecified atom stereocenters. The first-order valence-corrected chi connectivity index (χ1v) is 33.1. The number of ether oxygens (including phenoxy) is 3. The molecule has 0 aromatic heterocycles. The van der Waals surface area contributed by atoms with Gasteiger partial charge in [-0.15, -0.1) is 0 Å². The van der Waals surface area contributed by atoms with Crippen molar-refractivity contribution in [3.05, 3.63) is 60.8 Å². The van der Waals surface area contributed by atoms with Crippen LogP contribution in [0.3, 0.4) is 0 Å². The molecule has 1 rings (SSSR count). The fourth-order valence-corrected chi connectivity index (χ4v) is 10.1. The molecular formula is C68H123NO10. The summed E-state index contributed by atoms with van der Waals surface area (Å²) in [6, 6.07) is -1.03. The predicted octanol–water partition coefficient (Wildman–Crippen LogP) is 16.2. The van der Waals surface area contributed by atoms with Crippen molar-refractivity contribution < 1.29 is 49.3 Å². The second-order valence-electron chi connectivity index (χ2n) is 22.8. The zero-order chi connectivity index (χ0) is 57.5. The topological polar surface area (TPSA) is 175 Å². The lowest BCUT2D eigenvalue weighted by Gasteiger charge is -2.41. The van der Waals surface area contributed by atoms with Gasteiger partial charge in [-0.1, -0.05) is 261 Å². The van der Waals surface area contributed by atoms with Gasteiger partial charge < -0.3 is 45.1 Å². The van der Waals surface area contributed by atoms with Gasteiger partial charge in [-0.05, 0) is 89.9 Å². The number of hydrogen-bond acceptors (Lipinski definition) is 10. The Morgan fingerprint density at radius 2 is 0.873 bits per heavy atom. The van der Waals surface area contributed by atoms with Crippen LogP contribution < -0.4 is 5.32 Å². The second kappa shape index (κ2) is 55.9. The van der Waals surface area contributed by atoms with Crippen LogP contribution in [0, 0.1) is 0 Å². The minimum atomic E-state index is -1.62. The molecule has 0 aromatic rings. The van der Waals surface area contributed by atoms with E-state index in [-0.39, 0.29) is 19.4 Å². The number of nitrogens with one attached hydrogen (secondary N) is 1. The fraction of sp³-hybridized carbons (Fsp3) is 0.824. The molecule has 8 atom stereocenters. The number of allylic oxidation sites excluding steroid dienone is 9. The zero-order valence-electron chi connectivity index (χ0n) is 51.0. The van der Waals surface area contributed by atoms with E-state index < -0.39 is 67.4 Å². The molecule has 1 heterocycles. The monoisotopic (exact) mass is 1110 g/mol. The lowest BCUT2D eigenvalue weighted by atomic mass is 9.99. The van der Waals surface area contributed by atoms with Crippen molar-refractivity contribution in [1.82, 2.24) is 5.32 Å². The van der Waals surface area contributed by atoms with Gasteiger partial charge in [0.2, 0.25) is 5.91 Å². The van der Waals surface area contributed by atoms with Crippen LogP contribution in [-0.4, -0.2) is 99.6 Å². The van der Waals surface area contributed by atoms with E-state index in [0.717, 1.165) is 83.5 Å². The Kier molecular flexibility index (Phi) is 52.6. The van der Waals surface area contributed by atoms with Crippen LogP contribution in [0.25, 0.3) is 0 Å². The Labute approximate surface area is 484 Å². The Morgan fingerprint density at radius 1 is 0.494 bits per heavy atom. The summed E-state index contributed by atoms with van der Waals surface area (Å²) in [5.41, 5.74) is 0. The van der Waals surface area contributed by atoms with Gasteiger partial charge in [0.1, 0.15) is 24.4 Å². The molecule has 0 radical (unpaired) electrons. The van der Waals surface area contributed by atoms with Gasteiger partial charge in [0.15, 0.2) is 12.4 Å². The molecule has 0 aromatic carbocycles. The molecule has 1 aliphatic heterocycles. The highest BCUT2D eigenvalue weighted by molar-refractivity contribution is 5.80. The van der Waals surface area contributed by atoms with Crippen LogP contribution in [0.15, 0.2) is 60.8 Å². The van der Waals surface area contributed by atoms with Crippen molar-refractivity contribution in [2.45, 2.75) is 346 Å². The highest BCUT2D eigenvalue weighted by Gasteiger charge is 2.47. The molecule has 11 heteroatoms. The highest BCUT2D eigenvalue weighted by Crippen LogP contribution is 2.26. The third kappa shape index (κ3) is 43.7. The van der Waals surface area contributed by atoms with E-state index in [1.807, 2.05) is 6.08 Å². The molecule has 460 valence electrons. The molecule has 1 aliphatic rings. The maximum atomic E-state index is 13.4. The number of rotatable bonds is 56. The third-order valence-electron chi connectivity index (χ3n) is 15.4. The van der Waals surface area contributed by atoms with Crippen molar-refractivity contribution >= 4 is 11.9 Å². The van der Waals surface area contributed by atoms with E-state index in [4.69, 9.17) is 14.2 Å². The summed E-state index contributed by atoms with van der Waals surface area (Å²) in [6.07, 6.45) is 59.6. The van der Waals surface area contributed by atoms with Gasteiger partial charge in [-0.25, -0.2) is 0 Å². The molecule has 1 fully saturated rings. The van der Waals surface area contributed by atoms with Crippen molar-refractivity contribution in [2.75, 3.05) is 13.2 Å². The first kappa shape index (κ1) is 74.4. The van der Waals surface area contributed by atoms with Gasteiger partial charge in [0.25, 0.3) is 0 Å². The number of carbonyl (C=O) groups excluding carboxylic acids is 2. The number of amides is 1. The summed E-state index contributed by atoms with van der Waals surface area (Å²) in [4.78, 5) is 26.6. The van der Waals surface area contributed by atoms with Gasteiger partial charge in [0.05, 0.1) is 25.4 Å². The normalized spacial score (nSPS) is 19.2. The molecular weight excluding hydrogens is 991 g/mol. The largest absolute Gasteiger partial charge is 0.454 e. The van der Waals surface area contributed by atoms with Crippen molar-refractivity contribution in [3.8, 4) is 0 Å². The first-order chi connectivity index (χ1) is 38.7. The lowest BCUT2D eigenvalue weighted by molar-refractivity contribution is -0.305. The summed E-state index contributed by atoms with van der Waals surface area (Å²) in [6.45, 7) is 5.77. The number of esters is 1. The Bertz CT molecular complexity index is 1510. The summed E-state index contributed by atoms with van der Waals surface area (Å²) >= 11 is 0.